The second kappa shape index (κ2) is 4.76. The lowest BCUT2D eigenvalue weighted by Gasteiger charge is -2.14. The van der Waals surface area contributed by atoms with E-state index in [4.69, 9.17) is 0 Å². The summed E-state index contributed by atoms with van der Waals surface area (Å²) in [5.74, 6) is 0.429. The lowest BCUT2D eigenvalue weighted by molar-refractivity contribution is 0.131. The van der Waals surface area contributed by atoms with Crippen LogP contribution in [-0.4, -0.2) is 27.1 Å². The molecule has 17 heavy (non-hydrogen) atoms. The molecule has 2 N–H and O–H groups in total. The third-order valence-electron chi connectivity index (χ3n) is 3.47. The van der Waals surface area contributed by atoms with Gasteiger partial charge in [-0.3, -0.25) is 4.40 Å². The van der Waals surface area contributed by atoms with Gasteiger partial charge in [0.25, 0.3) is 0 Å². The summed E-state index contributed by atoms with van der Waals surface area (Å²) in [5.41, 5.74) is 1.07. The predicted molar refractivity (Wildman–Crippen MR) is 68.1 cm³/mol. The molecule has 1 aliphatic carbocycles. The van der Waals surface area contributed by atoms with Crippen LogP contribution in [0, 0.1) is 5.92 Å². The van der Waals surface area contributed by atoms with Crippen molar-refractivity contribution in [1.82, 2.24) is 14.7 Å². The number of fused-ring (bicyclic) bond motifs is 1. The van der Waals surface area contributed by atoms with Gasteiger partial charge in [-0.05, 0) is 18.8 Å². The summed E-state index contributed by atoms with van der Waals surface area (Å²) in [6.07, 6.45) is 7.25. The van der Waals surface area contributed by atoms with Gasteiger partial charge in [-0.1, -0.05) is 6.42 Å². The van der Waals surface area contributed by atoms with Gasteiger partial charge in [0.15, 0.2) is 4.96 Å². The summed E-state index contributed by atoms with van der Waals surface area (Å²) in [6.45, 7) is 1.68. The highest BCUT2D eigenvalue weighted by Gasteiger charge is 2.24. The van der Waals surface area contributed by atoms with Crippen LogP contribution in [0.4, 0.5) is 0 Å². The number of hydrogen-bond acceptors (Lipinski definition) is 4. The Hall–Kier alpha value is -0.910. The van der Waals surface area contributed by atoms with Crippen molar-refractivity contribution in [1.29, 1.82) is 0 Å². The minimum Gasteiger partial charge on any atom is -0.393 e. The number of aromatic nitrogens is 2. The molecule has 1 aliphatic rings. The van der Waals surface area contributed by atoms with Gasteiger partial charge in [0, 0.05) is 30.9 Å². The van der Waals surface area contributed by atoms with Crippen LogP contribution < -0.4 is 5.32 Å². The Morgan fingerprint density at radius 3 is 3.24 bits per heavy atom. The first-order valence-electron chi connectivity index (χ1n) is 6.13. The van der Waals surface area contributed by atoms with E-state index < -0.39 is 0 Å². The molecule has 4 nitrogen and oxygen atoms in total. The van der Waals surface area contributed by atoms with E-state index in [1.807, 2.05) is 16.0 Å². The fourth-order valence-corrected chi connectivity index (χ4v) is 3.22. The Morgan fingerprint density at radius 2 is 2.47 bits per heavy atom. The molecule has 92 valence electrons. The summed E-state index contributed by atoms with van der Waals surface area (Å²) >= 11 is 1.65. The van der Waals surface area contributed by atoms with Crippen molar-refractivity contribution < 1.29 is 5.11 Å². The molecule has 1 saturated carbocycles. The van der Waals surface area contributed by atoms with E-state index in [1.165, 1.54) is 0 Å². The number of aliphatic hydroxyl groups excluding tert-OH is 1. The molecule has 0 radical (unpaired) electrons. The molecule has 2 aromatic rings. The topological polar surface area (TPSA) is 49.6 Å². The first kappa shape index (κ1) is 11.2. The monoisotopic (exact) mass is 251 g/mol. The largest absolute Gasteiger partial charge is 0.393 e. The van der Waals surface area contributed by atoms with Crippen LogP contribution >= 0.6 is 11.3 Å². The predicted octanol–water partition coefficient (Wildman–Crippen LogP) is 1.65. The molecular weight excluding hydrogens is 234 g/mol. The first-order chi connectivity index (χ1) is 8.33. The molecule has 3 rings (SSSR count). The summed E-state index contributed by atoms with van der Waals surface area (Å²) in [4.78, 5) is 5.56. The molecule has 0 saturated heterocycles. The fourth-order valence-electron chi connectivity index (χ4n) is 2.50. The molecule has 2 aromatic heterocycles. The summed E-state index contributed by atoms with van der Waals surface area (Å²) < 4.78 is 2.05. The molecule has 5 heteroatoms. The molecular formula is C12H17N3OS. The lowest BCUT2D eigenvalue weighted by Crippen LogP contribution is -2.27. The van der Waals surface area contributed by atoms with Crippen molar-refractivity contribution in [2.45, 2.75) is 31.9 Å². The Bertz CT molecular complexity index is 464. The van der Waals surface area contributed by atoms with Crippen LogP contribution in [0.2, 0.25) is 0 Å². The zero-order chi connectivity index (χ0) is 11.7. The van der Waals surface area contributed by atoms with E-state index in [1.54, 1.807) is 11.3 Å². The van der Waals surface area contributed by atoms with Crippen molar-refractivity contribution in [2.75, 3.05) is 6.54 Å². The third-order valence-corrected chi connectivity index (χ3v) is 4.25. The number of hydrogen-bond donors (Lipinski definition) is 2. The van der Waals surface area contributed by atoms with Crippen LogP contribution in [0.3, 0.4) is 0 Å². The number of aliphatic hydroxyl groups is 1. The van der Waals surface area contributed by atoms with Crippen molar-refractivity contribution >= 4 is 16.3 Å². The van der Waals surface area contributed by atoms with E-state index in [0.717, 1.165) is 43.0 Å². The van der Waals surface area contributed by atoms with Crippen molar-refractivity contribution in [2.24, 2.45) is 5.92 Å². The molecule has 0 aromatic carbocycles. The second-order valence-electron chi connectivity index (χ2n) is 4.71. The zero-order valence-electron chi connectivity index (χ0n) is 9.67. The number of nitrogens with zero attached hydrogens (tertiary/aromatic N) is 2. The highest BCUT2D eigenvalue weighted by atomic mass is 32.1. The Balaban J connectivity index is 1.52. The Kier molecular flexibility index (Phi) is 3.13. The molecule has 0 aliphatic heterocycles. The number of nitrogens with one attached hydrogen (secondary N) is 1. The maximum absolute atomic E-state index is 9.71. The van der Waals surface area contributed by atoms with Crippen molar-refractivity contribution in [3.8, 4) is 0 Å². The summed E-state index contributed by atoms with van der Waals surface area (Å²) in [7, 11) is 0. The van der Waals surface area contributed by atoms with Crippen molar-refractivity contribution in [3.63, 3.8) is 0 Å². The van der Waals surface area contributed by atoms with Gasteiger partial charge in [0.1, 0.15) is 0 Å². The van der Waals surface area contributed by atoms with Crippen LogP contribution in [0.5, 0.6) is 0 Å². The van der Waals surface area contributed by atoms with Gasteiger partial charge in [-0.25, -0.2) is 4.98 Å². The maximum Gasteiger partial charge on any atom is 0.193 e. The molecule has 0 amide bonds. The highest BCUT2D eigenvalue weighted by Crippen LogP contribution is 2.24. The Labute approximate surface area is 104 Å². The molecule has 1 fully saturated rings. The normalized spacial score (nSPS) is 24.8. The van der Waals surface area contributed by atoms with Crippen molar-refractivity contribution in [3.05, 3.63) is 23.5 Å². The van der Waals surface area contributed by atoms with Gasteiger partial charge in [0.2, 0.25) is 0 Å². The van der Waals surface area contributed by atoms with Crippen LogP contribution in [-0.2, 0) is 6.54 Å². The van der Waals surface area contributed by atoms with E-state index in [-0.39, 0.29) is 6.10 Å². The van der Waals surface area contributed by atoms with Gasteiger partial charge >= 0.3 is 0 Å². The molecule has 0 spiro atoms. The minimum atomic E-state index is -0.104. The maximum atomic E-state index is 9.71. The van der Waals surface area contributed by atoms with Crippen LogP contribution in [0.15, 0.2) is 17.8 Å². The summed E-state index contributed by atoms with van der Waals surface area (Å²) in [6, 6.07) is 0. The van der Waals surface area contributed by atoms with E-state index in [2.05, 4.69) is 16.5 Å². The van der Waals surface area contributed by atoms with E-state index >= 15 is 0 Å². The number of thiazole rings is 1. The minimum absolute atomic E-state index is 0.104. The highest BCUT2D eigenvalue weighted by molar-refractivity contribution is 7.15. The second-order valence-corrected chi connectivity index (χ2v) is 5.59. The van der Waals surface area contributed by atoms with Gasteiger partial charge < -0.3 is 10.4 Å². The molecule has 2 unspecified atom stereocenters. The number of rotatable bonds is 4. The van der Waals surface area contributed by atoms with E-state index in [0.29, 0.717) is 5.92 Å². The standard InChI is InChI=1S/C12H17N3OS/c16-11-3-1-2-9(11)6-13-7-10-8-15-4-5-17-12(15)14-10/h4-5,8-9,11,13,16H,1-3,6-7H2. The van der Waals surface area contributed by atoms with Gasteiger partial charge in [-0.15, -0.1) is 11.3 Å². The molecule has 0 bridgehead atoms. The molecule has 2 atom stereocenters. The quantitative estimate of drug-likeness (QED) is 0.868. The van der Waals surface area contributed by atoms with Crippen LogP contribution in [0.25, 0.3) is 4.96 Å². The SMILES string of the molecule is OC1CCCC1CNCc1cn2ccsc2n1. The summed E-state index contributed by atoms with van der Waals surface area (Å²) in [5, 5.41) is 15.1. The van der Waals surface area contributed by atoms with Gasteiger partial charge in [-0.2, -0.15) is 0 Å². The van der Waals surface area contributed by atoms with Gasteiger partial charge in [0.05, 0.1) is 11.8 Å². The third kappa shape index (κ3) is 2.36. The lowest BCUT2D eigenvalue weighted by atomic mass is 10.1. The zero-order valence-corrected chi connectivity index (χ0v) is 10.5. The average Bonchev–Trinajstić information content (AvgIpc) is 2.95. The smallest absolute Gasteiger partial charge is 0.193 e. The number of imidazole rings is 1. The van der Waals surface area contributed by atoms with E-state index in [9.17, 15) is 5.11 Å². The first-order valence-corrected chi connectivity index (χ1v) is 7.01. The molecule has 2 heterocycles. The fraction of sp³-hybridized carbons (Fsp3) is 0.583. The average molecular weight is 251 g/mol. The Morgan fingerprint density at radius 1 is 1.53 bits per heavy atom. The van der Waals surface area contributed by atoms with Crippen LogP contribution in [0.1, 0.15) is 25.0 Å².